The molecule has 0 atom stereocenters. The summed E-state index contributed by atoms with van der Waals surface area (Å²) in [5, 5.41) is 7.45. The van der Waals surface area contributed by atoms with Crippen LogP contribution in [0.3, 0.4) is 0 Å². The first-order chi connectivity index (χ1) is 12.2. The molecule has 0 amide bonds. The number of aliphatic imine (C=N–C) groups is 1. The minimum atomic E-state index is 0.542. The van der Waals surface area contributed by atoms with Crippen molar-refractivity contribution in [1.29, 1.82) is 5.53 Å². The van der Waals surface area contributed by atoms with Crippen molar-refractivity contribution in [2.75, 3.05) is 5.32 Å². The fourth-order valence-electron chi connectivity index (χ4n) is 2.28. The van der Waals surface area contributed by atoms with Crippen LogP contribution in [-0.4, -0.2) is 5.84 Å². The summed E-state index contributed by atoms with van der Waals surface area (Å²) < 4.78 is 1.05. The number of hydrogen-bond donors (Lipinski definition) is 2. The van der Waals surface area contributed by atoms with Crippen LogP contribution < -0.4 is 5.32 Å². The molecular formula is C19H14ClIN4. The fraction of sp³-hybridized carbons (Fsp3) is 0. The molecule has 3 aromatic rings. The lowest BCUT2D eigenvalue weighted by atomic mass is 10.2. The Morgan fingerprint density at radius 2 is 1.52 bits per heavy atom. The fourth-order valence-corrected chi connectivity index (χ4v) is 3.10. The van der Waals surface area contributed by atoms with Crippen molar-refractivity contribution in [2.45, 2.75) is 0 Å². The first-order valence-electron chi connectivity index (χ1n) is 7.50. The molecule has 0 aromatic heterocycles. The van der Waals surface area contributed by atoms with Crippen molar-refractivity contribution in [3.8, 4) is 0 Å². The van der Waals surface area contributed by atoms with E-state index in [2.05, 4.69) is 33.0 Å². The Bertz CT molecular complexity index is 940. The Morgan fingerprint density at radius 3 is 2.24 bits per heavy atom. The van der Waals surface area contributed by atoms with Gasteiger partial charge in [0.05, 0.1) is 16.4 Å². The number of halogens is 2. The molecule has 0 fully saturated rings. The molecule has 0 radical (unpaired) electrons. The normalized spacial score (nSPS) is 11.2. The topological polar surface area (TPSA) is 60.6 Å². The Kier molecular flexibility index (Phi) is 5.78. The Labute approximate surface area is 164 Å². The van der Waals surface area contributed by atoms with E-state index in [1.54, 1.807) is 12.1 Å². The maximum absolute atomic E-state index is 7.35. The second-order valence-corrected chi connectivity index (χ2v) is 6.72. The third kappa shape index (κ3) is 4.24. The Hall–Kier alpha value is -2.25. The molecule has 0 bridgehead atoms. The molecule has 3 rings (SSSR count). The highest BCUT2D eigenvalue weighted by Gasteiger charge is 2.11. The van der Waals surface area contributed by atoms with Crippen LogP contribution in [0.1, 0.15) is 5.56 Å². The standard InChI is InChI=1S/C19H14ClIN4/c20-14-8-2-4-10-16(14)23-19(13-7-1-3-9-15(13)21)24-17-11-5-6-12-18(17)25-22/h1-12,22H,(H,23,24). The zero-order valence-corrected chi connectivity index (χ0v) is 16.0. The number of amidine groups is 1. The SMILES string of the molecule is N=Nc1ccccc1NC(=Nc1ccccc1Cl)c1ccccc1I. The van der Waals surface area contributed by atoms with E-state index in [0.29, 0.717) is 27.9 Å². The molecule has 0 aliphatic carbocycles. The largest absolute Gasteiger partial charge is 0.338 e. The van der Waals surface area contributed by atoms with Gasteiger partial charge in [0.15, 0.2) is 0 Å². The van der Waals surface area contributed by atoms with Gasteiger partial charge in [0.25, 0.3) is 0 Å². The van der Waals surface area contributed by atoms with Gasteiger partial charge >= 0.3 is 0 Å². The second-order valence-electron chi connectivity index (χ2n) is 5.15. The highest BCUT2D eigenvalue weighted by molar-refractivity contribution is 14.1. The molecule has 3 aromatic carbocycles. The van der Waals surface area contributed by atoms with Crippen LogP contribution in [0.4, 0.5) is 17.1 Å². The summed E-state index contributed by atoms with van der Waals surface area (Å²) in [4.78, 5) is 4.73. The molecule has 4 nitrogen and oxygen atoms in total. The summed E-state index contributed by atoms with van der Waals surface area (Å²) in [5.41, 5.74) is 10.2. The van der Waals surface area contributed by atoms with Gasteiger partial charge in [0, 0.05) is 9.13 Å². The number of para-hydroxylation sites is 3. The zero-order valence-electron chi connectivity index (χ0n) is 13.1. The van der Waals surface area contributed by atoms with Gasteiger partial charge in [-0.3, -0.25) is 0 Å². The van der Waals surface area contributed by atoms with Crippen molar-refractivity contribution in [3.05, 3.63) is 87.0 Å². The van der Waals surface area contributed by atoms with Crippen molar-refractivity contribution in [3.63, 3.8) is 0 Å². The van der Waals surface area contributed by atoms with Gasteiger partial charge < -0.3 is 5.32 Å². The van der Waals surface area contributed by atoms with Crippen LogP contribution in [0.2, 0.25) is 5.02 Å². The first-order valence-corrected chi connectivity index (χ1v) is 8.96. The van der Waals surface area contributed by atoms with E-state index >= 15 is 0 Å². The van der Waals surface area contributed by atoms with E-state index in [9.17, 15) is 0 Å². The van der Waals surface area contributed by atoms with E-state index in [1.807, 2.05) is 60.7 Å². The summed E-state index contributed by atoms with van der Waals surface area (Å²) in [5.74, 6) is 0.647. The van der Waals surface area contributed by atoms with Gasteiger partial charge in [-0.05, 0) is 52.9 Å². The number of nitrogens with zero attached hydrogens (tertiary/aromatic N) is 2. The van der Waals surface area contributed by atoms with Crippen molar-refractivity contribution >= 4 is 57.1 Å². The average molecular weight is 461 g/mol. The monoisotopic (exact) mass is 460 g/mol. The summed E-state index contributed by atoms with van der Waals surface area (Å²) >= 11 is 8.55. The first kappa shape index (κ1) is 17.6. The van der Waals surface area contributed by atoms with Crippen LogP contribution in [0.5, 0.6) is 0 Å². The molecule has 0 saturated heterocycles. The van der Waals surface area contributed by atoms with Crippen LogP contribution in [0, 0.1) is 9.10 Å². The van der Waals surface area contributed by atoms with E-state index in [4.69, 9.17) is 22.1 Å². The van der Waals surface area contributed by atoms with Gasteiger partial charge in [0.1, 0.15) is 11.5 Å². The number of rotatable bonds is 4. The van der Waals surface area contributed by atoms with Gasteiger partial charge in [-0.15, -0.1) is 0 Å². The number of benzene rings is 3. The van der Waals surface area contributed by atoms with Gasteiger partial charge in [-0.25, -0.2) is 10.5 Å². The lowest BCUT2D eigenvalue weighted by Crippen LogP contribution is -2.15. The molecule has 0 aliphatic heterocycles. The van der Waals surface area contributed by atoms with E-state index in [1.165, 1.54) is 0 Å². The molecular weight excluding hydrogens is 447 g/mol. The van der Waals surface area contributed by atoms with Crippen LogP contribution in [-0.2, 0) is 0 Å². The summed E-state index contributed by atoms with van der Waals surface area (Å²) in [6, 6.07) is 22.8. The number of nitrogens with one attached hydrogen (secondary N) is 2. The molecule has 6 heteroatoms. The van der Waals surface area contributed by atoms with Gasteiger partial charge in [0.2, 0.25) is 0 Å². The molecule has 0 heterocycles. The molecule has 0 aliphatic rings. The lowest BCUT2D eigenvalue weighted by Gasteiger charge is -2.13. The second kappa shape index (κ2) is 8.22. The van der Waals surface area contributed by atoms with Crippen molar-refractivity contribution in [2.24, 2.45) is 10.1 Å². The van der Waals surface area contributed by atoms with E-state index in [-0.39, 0.29) is 0 Å². The Morgan fingerprint density at radius 1 is 0.880 bits per heavy atom. The Balaban J connectivity index is 2.11. The molecule has 2 N–H and O–H groups in total. The number of anilines is 1. The minimum absolute atomic E-state index is 0.542. The summed E-state index contributed by atoms with van der Waals surface area (Å²) in [7, 11) is 0. The van der Waals surface area contributed by atoms with Crippen LogP contribution in [0.25, 0.3) is 0 Å². The quantitative estimate of drug-likeness (QED) is 0.191. The smallest absolute Gasteiger partial charge is 0.139 e. The predicted molar refractivity (Wildman–Crippen MR) is 112 cm³/mol. The maximum Gasteiger partial charge on any atom is 0.139 e. The maximum atomic E-state index is 7.35. The molecule has 0 spiro atoms. The summed E-state index contributed by atoms with van der Waals surface area (Å²) in [6.45, 7) is 0. The highest BCUT2D eigenvalue weighted by atomic mass is 127. The molecule has 0 saturated carbocycles. The molecule has 0 unspecified atom stereocenters. The van der Waals surface area contributed by atoms with Crippen molar-refractivity contribution < 1.29 is 0 Å². The van der Waals surface area contributed by atoms with Crippen molar-refractivity contribution in [1.82, 2.24) is 0 Å². The van der Waals surface area contributed by atoms with Gasteiger partial charge in [-0.2, -0.15) is 5.11 Å². The van der Waals surface area contributed by atoms with E-state index in [0.717, 1.165) is 9.13 Å². The average Bonchev–Trinajstić information content (AvgIpc) is 2.64. The van der Waals surface area contributed by atoms with E-state index < -0.39 is 0 Å². The molecule has 124 valence electrons. The van der Waals surface area contributed by atoms with Crippen LogP contribution in [0.15, 0.2) is 82.9 Å². The number of hydrogen-bond acceptors (Lipinski definition) is 3. The van der Waals surface area contributed by atoms with Gasteiger partial charge in [-0.1, -0.05) is 54.1 Å². The minimum Gasteiger partial charge on any atom is -0.338 e. The third-order valence-electron chi connectivity index (χ3n) is 3.49. The summed E-state index contributed by atoms with van der Waals surface area (Å²) in [6.07, 6.45) is 0. The molecule has 25 heavy (non-hydrogen) atoms. The lowest BCUT2D eigenvalue weighted by molar-refractivity contribution is 1.15. The zero-order chi connectivity index (χ0) is 17.6. The van der Waals surface area contributed by atoms with Crippen LogP contribution >= 0.6 is 34.2 Å². The highest BCUT2D eigenvalue weighted by Crippen LogP contribution is 2.28. The predicted octanol–water partition coefficient (Wildman–Crippen LogP) is 6.80. The third-order valence-corrected chi connectivity index (χ3v) is 4.75.